The number of nitro groups is 1. The van der Waals surface area contributed by atoms with E-state index in [1.54, 1.807) is 0 Å². The molecule has 0 saturated heterocycles. The molecule has 0 saturated carbocycles. The highest BCUT2D eigenvalue weighted by Crippen LogP contribution is 2.34. The second-order valence-corrected chi connectivity index (χ2v) is 2.59. The quantitative estimate of drug-likeness (QED) is 0.569. The van der Waals surface area contributed by atoms with Gasteiger partial charge in [-0.1, -0.05) is 6.07 Å². The molecule has 0 aliphatic rings. The molecule has 0 unspecified atom stereocenters. The van der Waals surface area contributed by atoms with Crippen LogP contribution in [0, 0.1) is 10.1 Å². The third-order valence-corrected chi connectivity index (χ3v) is 1.38. The van der Waals surface area contributed by atoms with Gasteiger partial charge in [0, 0.05) is 0 Å². The Balaban J connectivity index is 0.000000583. The van der Waals surface area contributed by atoms with Crippen LogP contribution in [0.15, 0.2) is 18.2 Å². The average molecular weight is 214 g/mol. The fourth-order valence-electron chi connectivity index (χ4n) is 0.859. The topological polar surface area (TPSA) is 84.6 Å². The number of ether oxygens (including phenoxy) is 1. The van der Waals surface area contributed by atoms with Gasteiger partial charge < -0.3 is 15.2 Å². The van der Waals surface area contributed by atoms with E-state index in [1.165, 1.54) is 25.3 Å². The summed E-state index contributed by atoms with van der Waals surface area (Å²) in [5, 5.41) is 22.2. The number of nitrogens with one attached hydrogen (secondary N) is 1. The maximum absolute atomic E-state index is 10.4. The van der Waals surface area contributed by atoms with E-state index in [0.717, 1.165) is 0 Å². The van der Waals surface area contributed by atoms with Crippen molar-refractivity contribution in [3.05, 3.63) is 28.3 Å². The van der Waals surface area contributed by atoms with Gasteiger partial charge in [0.15, 0.2) is 5.75 Å². The Labute approximate surface area is 87.6 Å². The highest BCUT2D eigenvalue weighted by Gasteiger charge is 2.19. The summed E-state index contributed by atoms with van der Waals surface area (Å²) in [5.74, 6) is -0.334. The molecule has 6 nitrogen and oxygen atoms in total. The van der Waals surface area contributed by atoms with Crippen LogP contribution in [0.5, 0.6) is 11.5 Å². The molecule has 0 heterocycles. The van der Waals surface area contributed by atoms with Crippen molar-refractivity contribution in [2.75, 3.05) is 21.2 Å². The number of phenols is 1. The van der Waals surface area contributed by atoms with Crippen LogP contribution in [0.25, 0.3) is 0 Å². The SMILES string of the molecule is CNC.COc1cccc(O)c1[N+](=O)[O-]. The molecule has 0 fully saturated rings. The van der Waals surface area contributed by atoms with Crippen molar-refractivity contribution in [1.29, 1.82) is 0 Å². The second-order valence-electron chi connectivity index (χ2n) is 2.59. The van der Waals surface area contributed by atoms with Crippen molar-refractivity contribution < 1.29 is 14.8 Å². The van der Waals surface area contributed by atoms with Gasteiger partial charge in [-0.15, -0.1) is 0 Å². The van der Waals surface area contributed by atoms with Crippen LogP contribution in [-0.4, -0.2) is 31.2 Å². The highest BCUT2D eigenvalue weighted by atomic mass is 16.6. The predicted octanol–water partition coefficient (Wildman–Crippen LogP) is 1.14. The van der Waals surface area contributed by atoms with Gasteiger partial charge in [-0.05, 0) is 26.2 Å². The van der Waals surface area contributed by atoms with Crippen molar-refractivity contribution in [1.82, 2.24) is 5.32 Å². The van der Waals surface area contributed by atoms with Crippen molar-refractivity contribution in [2.45, 2.75) is 0 Å². The number of hydrogen-bond donors (Lipinski definition) is 2. The summed E-state index contributed by atoms with van der Waals surface area (Å²) in [5.41, 5.74) is -0.403. The van der Waals surface area contributed by atoms with Crippen LogP contribution < -0.4 is 10.1 Å². The summed E-state index contributed by atoms with van der Waals surface area (Å²) in [6.45, 7) is 0. The Kier molecular flexibility index (Phi) is 5.81. The summed E-state index contributed by atoms with van der Waals surface area (Å²) in [6.07, 6.45) is 0. The number of hydrogen-bond acceptors (Lipinski definition) is 5. The van der Waals surface area contributed by atoms with E-state index in [1.807, 2.05) is 14.1 Å². The standard InChI is InChI=1S/C7H7NO4.C2H7N/c1-12-6-4-2-3-5(9)7(6)8(10)11;1-3-2/h2-4,9H,1H3;3H,1-2H3. The summed E-state index contributed by atoms with van der Waals surface area (Å²) in [7, 11) is 5.06. The van der Waals surface area contributed by atoms with Gasteiger partial charge >= 0.3 is 5.69 Å². The summed E-state index contributed by atoms with van der Waals surface area (Å²) in [6, 6.07) is 4.12. The first kappa shape index (κ1) is 13.2. The summed E-state index contributed by atoms with van der Waals surface area (Å²) >= 11 is 0. The molecular formula is C9H14N2O4. The Hall–Kier alpha value is -1.82. The monoisotopic (exact) mass is 214 g/mol. The van der Waals surface area contributed by atoms with Crippen molar-refractivity contribution in [3.63, 3.8) is 0 Å². The zero-order valence-corrected chi connectivity index (χ0v) is 8.85. The molecule has 0 aromatic heterocycles. The van der Waals surface area contributed by atoms with Gasteiger partial charge in [-0.2, -0.15) is 0 Å². The van der Waals surface area contributed by atoms with E-state index in [-0.39, 0.29) is 11.5 Å². The van der Waals surface area contributed by atoms with E-state index in [2.05, 4.69) is 10.1 Å². The van der Waals surface area contributed by atoms with E-state index in [9.17, 15) is 10.1 Å². The molecule has 84 valence electrons. The number of phenolic OH excluding ortho intramolecular Hbond substituents is 1. The molecule has 0 atom stereocenters. The number of benzene rings is 1. The minimum Gasteiger partial charge on any atom is -0.502 e. The van der Waals surface area contributed by atoms with Gasteiger partial charge in [0.05, 0.1) is 12.0 Å². The number of nitro benzene ring substituents is 1. The maximum Gasteiger partial charge on any atom is 0.352 e. The van der Waals surface area contributed by atoms with Gasteiger partial charge in [-0.3, -0.25) is 10.1 Å². The Morgan fingerprint density at radius 3 is 2.33 bits per heavy atom. The van der Waals surface area contributed by atoms with Crippen LogP contribution in [0.3, 0.4) is 0 Å². The third-order valence-electron chi connectivity index (χ3n) is 1.38. The molecule has 2 N–H and O–H groups in total. The second kappa shape index (κ2) is 6.61. The van der Waals surface area contributed by atoms with Crippen LogP contribution in [0.1, 0.15) is 0 Å². The highest BCUT2D eigenvalue weighted by molar-refractivity contribution is 5.56. The molecule has 0 bridgehead atoms. The molecule has 6 heteroatoms. The minimum absolute atomic E-state index is 0.0556. The zero-order chi connectivity index (χ0) is 11.8. The first-order valence-electron chi connectivity index (χ1n) is 4.17. The van der Waals surface area contributed by atoms with Crippen molar-refractivity contribution in [2.24, 2.45) is 0 Å². The lowest BCUT2D eigenvalue weighted by Gasteiger charge is -2.01. The predicted molar refractivity (Wildman–Crippen MR) is 56.3 cm³/mol. The number of nitrogens with zero attached hydrogens (tertiary/aromatic N) is 1. The van der Waals surface area contributed by atoms with E-state index < -0.39 is 10.6 Å². The van der Waals surface area contributed by atoms with Gasteiger partial charge in [0.1, 0.15) is 0 Å². The normalized spacial score (nSPS) is 8.73. The first-order chi connectivity index (χ1) is 7.08. The molecule has 0 spiro atoms. The van der Waals surface area contributed by atoms with Crippen molar-refractivity contribution in [3.8, 4) is 11.5 Å². The molecule has 1 aromatic carbocycles. The van der Waals surface area contributed by atoms with Crippen LogP contribution in [-0.2, 0) is 0 Å². The van der Waals surface area contributed by atoms with Gasteiger partial charge in [-0.25, -0.2) is 0 Å². The molecule has 1 aromatic rings. The molecule has 0 aliphatic heterocycles. The lowest BCUT2D eigenvalue weighted by molar-refractivity contribution is -0.386. The third kappa shape index (κ3) is 3.82. The van der Waals surface area contributed by atoms with E-state index in [4.69, 9.17) is 5.11 Å². The zero-order valence-electron chi connectivity index (χ0n) is 8.85. The lowest BCUT2D eigenvalue weighted by atomic mass is 10.3. The molecule has 0 aliphatic carbocycles. The van der Waals surface area contributed by atoms with E-state index >= 15 is 0 Å². The van der Waals surface area contributed by atoms with Crippen LogP contribution >= 0.6 is 0 Å². The van der Waals surface area contributed by atoms with Crippen molar-refractivity contribution >= 4 is 5.69 Å². The number of rotatable bonds is 2. The van der Waals surface area contributed by atoms with E-state index in [0.29, 0.717) is 0 Å². The largest absolute Gasteiger partial charge is 0.502 e. The maximum atomic E-state index is 10.4. The first-order valence-corrected chi connectivity index (χ1v) is 4.17. The Morgan fingerprint density at radius 1 is 1.47 bits per heavy atom. The molecule has 0 radical (unpaired) electrons. The molecule has 1 rings (SSSR count). The smallest absolute Gasteiger partial charge is 0.352 e. The summed E-state index contributed by atoms with van der Waals surface area (Å²) in [4.78, 5) is 9.68. The number of aromatic hydroxyl groups is 1. The minimum atomic E-state index is -0.686. The fraction of sp³-hybridized carbons (Fsp3) is 0.333. The number of methoxy groups -OCH3 is 1. The molecule has 15 heavy (non-hydrogen) atoms. The van der Waals surface area contributed by atoms with Crippen LogP contribution in [0.2, 0.25) is 0 Å². The van der Waals surface area contributed by atoms with Gasteiger partial charge in [0.2, 0.25) is 5.75 Å². The molecule has 0 amide bonds. The van der Waals surface area contributed by atoms with Gasteiger partial charge in [0.25, 0.3) is 0 Å². The average Bonchev–Trinajstić information content (AvgIpc) is 2.17. The number of para-hydroxylation sites is 1. The van der Waals surface area contributed by atoms with Crippen LogP contribution in [0.4, 0.5) is 5.69 Å². The Morgan fingerprint density at radius 2 is 2.00 bits per heavy atom. The summed E-state index contributed by atoms with van der Waals surface area (Å²) < 4.78 is 4.69. The fourth-order valence-corrected chi connectivity index (χ4v) is 0.859. The lowest BCUT2D eigenvalue weighted by Crippen LogP contribution is -1.93. The Bertz CT molecular complexity index is 328. The molecular weight excluding hydrogens is 200 g/mol.